The summed E-state index contributed by atoms with van der Waals surface area (Å²) in [7, 11) is -1.67. The van der Waals surface area contributed by atoms with Gasteiger partial charge in [-0.1, -0.05) is 0 Å². The highest BCUT2D eigenvalue weighted by molar-refractivity contribution is 7.89. The lowest BCUT2D eigenvalue weighted by Crippen LogP contribution is -2.36. The third-order valence-corrected chi connectivity index (χ3v) is 6.50. The second-order valence-electron chi connectivity index (χ2n) is 5.44. The van der Waals surface area contributed by atoms with Crippen molar-refractivity contribution in [3.63, 3.8) is 0 Å². The Balaban J connectivity index is 2.39. The van der Waals surface area contributed by atoms with Gasteiger partial charge in [-0.25, -0.2) is 8.42 Å². The second-order valence-corrected chi connectivity index (χ2v) is 8.76. The molecule has 0 fully saturated rings. The first kappa shape index (κ1) is 16.2. The molecule has 2 aromatic rings. The van der Waals surface area contributed by atoms with Crippen LogP contribution < -0.4 is 0 Å². The van der Waals surface area contributed by atoms with Gasteiger partial charge in [0.15, 0.2) is 0 Å². The van der Waals surface area contributed by atoms with Crippen molar-refractivity contribution in [2.45, 2.75) is 45.2 Å². The van der Waals surface area contributed by atoms with Crippen LogP contribution in [-0.2, 0) is 23.6 Å². The third kappa shape index (κ3) is 3.36. The molecule has 2 aromatic heterocycles. The van der Waals surface area contributed by atoms with Crippen molar-refractivity contribution in [3.05, 3.63) is 33.8 Å². The molecule has 21 heavy (non-hydrogen) atoms. The van der Waals surface area contributed by atoms with E-state index < -0.39 is 10.0 Å². The Morgan fingerprint density at radius 1 is 1.38 bits per heavy atom. The zero-order valence-electron chi connectivity index (χ0n) is 13.0. The maximum absolute atomic E-state index is 12.9. The van der Waals surface area contributed by atoms with Gasteiger partial charge in [-0.2, -0.15) is 9.40 Å². The van der Waals surface area contributed by atoms with Crippen LogP contribution in [0.2, 0.25) is 0 Å². The predicted octanol–water partition coefficient (Wildman–Crippen LogP) is 2.70. The van der Waals surface area contributed by atoms with Crippen molar-refractivity contribution in [1.82, 2.24) is 14.1 Å². The van der Waals surface area contributed by atoms with E-state index in [1.807, 2.05) is 40.9 Å². The summed E-state index contributed by atoms with van der Waals surface area (Å²) in [5, 5.41) is 4.10. The van der Waals surface area contributed by atoms with E-state index in [-0.39, 0.29) is 6.04 Å². The van der Waals surface area contributed by atoms with E-state index in [0.717, 1.165) is 15.3 Å². The average Bonchev–Trinajstić information content (AvgIpc) is 2.92. The van der Waals surface area contributed by atoms with E-state index in [0.29, 0.717) is 11.4 Å². The summed E-state index contributed by atoms with van der Waals surface area (Å²) in [6.07, 6.45) is 3.55. The van der Waals surface area contributed by atoms with E-state index in [1.54, 1.807) is 16.9 Å². The first-order chi connectivity index (χ1) is 9.71. The normalized spacial score (nSPS) is 12.5. The zero-order chi connectivity index (χ0) is 15.8. The molecular formula is C14H21N3O2S2. The highest BCUT2D eigenvalue weighted by Crippen LogP contribution is 2.29. The highest BCUT2D eigenvalue weighted by Gasteiger charge is 2.29. The van der Waals surface area contributed by atoms with Crippen LogP contribution in [0.1, 0.15) is 29.2 Å². The molecule has 0 amide bonds. The summed E-state index contributed by atoms with van der Waals surface area (Å²) in [6, 6.07) is 1.64. The minimum absolute atomic E-state index is 0.116. The van der Waals surface area contributed by atoms with E-state index in [4.69, 9.17) is 0 Å². The number of hydrogen-bond acceptors (Lipinski definition) is 4. The first-order valence-corrected chi connectivity index (χ1v) is 9.04. The molecule has 0 saturated heterocycles. The first-order valence-electron chi connectivity index (χ1n) is 6.78. The Morgan fingerprint density at radius 2 is 2.05 bits per heavy atom. The Labute approximate surface area is 130 Å². The van der Waals surface area contributed by atoms with E-state index in [1.165, 1.54) is 15.6 Å². The van der Waals surface area contributed by atoms with Crippen molar-refractivity contribution in [3.8, 4) is 0 Å². The summed E-state index contributed by atoms with van der Waals surface area (Å²) in [4.78, 5) is 2.27. The lowest BCUT2D eigenvalue weighted by molar-refractivity contribution is 0.348. The molecule has 2 rings (SSSR count). The van der Waals surface area contributed by atoms with Gasteiger partial charge in [0, 0.05) is 41.1 Å². The zero-order valence-corrected chi connectivity index (χ0v) is 14.6. The minimum atomic E-state index is -3.49. The molecule has 0 unspecified atom stereocenters. The summed E-state index contributed by atoms with van der Waals surface area (Å²) >= 11 is 1.51. The summed E-state index contributed by atoms with van der Waals surface area (Å²) in [6.45, 7) is 7.90. The summed E-state index contributed by atoms with van der Waals surface area (Å²) < 4.78 is 29.1. The molecule has 0 aliphatic heterocycles. The van der Waals surface area contributed by atoms with Gasteiger partial charge in [0.2, 0.25) is 10.0 Å². The monoisotopic (exact) mass is 327 g/mol. The van der Waals surface area contributed by atoms with Crippen LogP contribution in [0.4, 0.5) is 0 Å². The van der Waals surface area contributed by atoms with Crippen LogP contribution in [0.25, 0.3) is 0 Å². The maximum Gasteiger partial charge on any atom is 0.244 e. The minimum Gasteiger partial charge on any atom is -0.275 e. The number of rotatable bonds is 5. The average molecular weight is 327 g/mol. The van der Waals surface area contributed by atoms with Crippen LogP contribution in [-0.4, -0.2) is 28.5 Å². The molecular weight excluding hydrogens is 306 g/mol. The number of aromatic nitrogens is 2. The number of nitrogens with zero attached hydrogens (tertiary/aromatic N) is 3. The van der Waals surface area contributed by atoms with Crippen molar-refractivity contribution in [1.29, 1.82) is 0 Å². The van der Waals surface area contributed by atoms with Gasteiger partial charge in [-0.3, -0.25) is 4.68 Å². The Hall–Kier alpha value is -1.18. The Morgan fingerprint density at radius 3 is 2.48 bits per heavy atom. The highest BCUT2D eigenvalue weighted by atomic mass is 32.2. The van der Waals surface area contributed by atoms with Gasteiger partial charge in [-0.05, 0) is 33.8 Å². The second kappa shape index (κ2) is 5.90. The molecule has 5 nitrogen and oxygen atoms in total. The molecule has 0 atom stereocenters. The maximum atomic E-state index is 12.9. The topological polar surface area (TPSA) is 55.2 Å². The lowest BCUT2D eigenvalue weighted by Gasteiger charge is -2.25. The molecule has 0 N–H and O–H groups in total. The molecule has 0 radical (unpaired) electrons. The van der Waals surface area contributed by atoms with Crippen LogP contribution in [0.15, 0.2) is 23.4 Å². The fourth-order valence-electron chi connectivity index (χ4n) is 2.27. The van der Waals surface area contributed by atoms with E-state index in [9.17, 15) is 8.42 Å². The fraction of sp³-hybridized carbons (Fsp3) is 0.500. The van der Waals surface area contributed by atoms with E-state index >= 15 is 0 Å². The van der Waals surface area contributed by atoms with Crippen molar-refractivity contribution in [2.24, 2.45) is 7.05 Å². The molecule has 0 bridgehead atoms. The SMILES string of the molecule is Cc1cc(S(=O)(=O)N(Cc2cnn(C)c2)C(C)C)c(C)s1. The smallest absolute Gasteiger partial charge is 0.244 e. The third-order valence-electron chi connectivity index (χ3n) is 3.25. The Kier molecular flexibility index (Phi) is 4.55. The van der Waals surface area contributed by atoms with E-state index in [2.05, 4.69) is 5.10 Å². The van der Waals surface area contributed by atoms with Crippen LogP contribution in [0, 0.1) is 13.8 Å². The number of aryl methyl sites for hydroxylation is 3. The number of sulfonamides is 1. The predicted molar refractivity (Wildman–Crippen MR) is 84.9 cm³/mol. The number of hydrogen-bond donors (Lipinski definition) is 0. The molecule has 7 heteroatoms. The quantitative estimate of drug-likeness (QED) is 0.848. The van der Waals surface area contributed by atoms with Crippen LogP contribution in [0.3, 0.4) is 0 Å². The molecule has 0 aliphatic carbocycles. The molecule has 0 aliphatic rings. The number of thiophene rings is 1. The largest absolute Gasteiger partial charge is 0.275 e. The molecule has 2 heterocycles. The lowest BCUT2D eigenvalue weighted by atomic mass is 10.3. The standard InChI is InChI=1S/C14H21N3O2S2/c1-10(2)17(9-13-7-15-16(5)8-13)21(18,19)14-6-11(3)20-12(14)4/h6-8,10H,9H2,1-5H3. The van der Waals surface area contributed by atoms with Gasteiger partial charge in [0.05, 0.1) is 11.1 Å². The van der Waals surface area contributed by atoms with Crippen LogP contribution >= 0.6 is 11.3 Å². The Bertz CT molecular complexity index is 729. The molecule has 0 spiro atoms. The van der Waals surface area contributed by atoms with Gasteiger partial charge in [0.25, 0.3) is 0 Å². The molecule has 0 aromatic carbocycles. The van der Waals surface area contributed by atoms with Gasteiger partial charge < -0.3 is 0 Å². The van der Waals surface area contributed by atoms with Gasteiger partial charge >= 0.3 is 0 Å². The van der Waals surface area contributed by atoms with Crippen molar-refractivity contribution < 1.29 is 8.42 Å². The van der Waals surface area contributed by atoms with Crippen molar-refractivity contribution >= 4 is 21.4 Å². The van der Waals surface area contributed by atoms with Gasteiger partial charge in [0.1, 0.15) is 0 Å². The summed E-state index contributed by atoms with van der Waals surface area (Å²) in [5.41, 5.74) is 0.888. The summed E-state index contributed by atoms with van der Waals surface area (Å²) in [5.74, 6) is 0. The fourth-order valence-corrected chi connectivity index (χ4v) is 5.42. The van der Waals surface area contributed by atoms with Gasteiger partial charge in [-0.15, -0.1) is 11.3 Å². The van der Waals surface area contributed by atoms with Crippen molar-refractivity contribution in [2.75, 3.05) is 0 Å². The molecule has 0 saturated carbocycles. The molecule has 116 valence electrons. The van der Waals surface area contributed by atoms with Crippen LogP contribution in [0.5, 0.6) is 0 Å².